The van der Waals surface area contributed by atoms with Crippen molar-refractivity contribution in [3.8, 4) is 0 Å². The number of nitrogens with zero attached hydrogens (tertiary/aromatic N) is 1. The predicted molar refractivity (Wildman–Crippen MR) is 58.1 cm³/mol. The van der Waals surface area contributed by atoms with Crippen LogP contribution in [-0.2, 0) is 0 Å². The second-order valence-corrected chi connectivity index (χ2v) is 9.29. The molecule has 2 N–H and O–H groups in total. The molecule has 0 amide bonds. The number of hydrogen-bond acceptors (Lipinski definition) is 2. The number of nitrogens with one attached hydrogen (secondary N) is 2. The molecule has 0 heterocycles. The Kier molecular flexibility index (Phi) is 3.18. The van der Waals surface area contributed by atoms with Gasteiger partial charge in [-0.3, -0.25) is 5.43 Å². The summed E-state index contributed by atoms with van der Waals surface area (Å²) in [6.07, 6.45) is 0. The molecule has 82 valence electrons. The van der Waals surface area contributed by atoms with Gasteiger partial charge < -0.3 is 0 Å². The van der Waals surface area contributed by atoms with Gasteiger partial charge in [-0.25, -0.2) is 8.78 Å². The van der Waals surface area contributed by atoms with E-state index in [1.165, 1.54) is 0 Å². The van der Waals surface area contributed by atoms with Crippen LogP contribution in [0.25, 0.3) is 0 Å². The van der Waals surface area contributed by atoms with Gasteiger partial charge in [0.05, 0.1) is 13.8 Å². The number of anilines is 1. The minimum absolute atomic E-state index is 0.155. The molecule has 15 heavy (non-hydrogen) atoms. The van der Waals surface area contributed by atoms with Crippen molar-refractivity contribution in [2.45, 2.75) is 19.6 Å². The fraction of sp³-hybridized carbons (Fsp3) is 0.333. The van der Waals surface area contributed by atoms with Crippen LogP contribution in [-0.4, -0.2) is 8.07 Å². The summed E-state index contributed by atoms with van der Waals surface area (Å²) in [6, 6.07) is 2.32. The molecule has 0 bridgehead atoms. The van der Waals surface area contributed by atoms with Crippen LogP contribution in [0.2, 0.25) is 19.6 Å². The van der Waals surface area contributed by atoms with Crippen molar-refractivity contribution < 1.29 is 8.78 Å². The second kappa shape index (κ2) is 4.06. The highest BCUT2D eigenvalue weighted by atomic mass is 28.3. The molecule has 0 aliphatic rings. The molecule has 0 aromatic heterocycles. The fourth-order valence-corrected chi connectivity index (χ4v) is 3.00. The summed E-state index contributed by atoms with van der Waals surface area (Å²) in [4.78, 5) is 0. The average Bonchev–Trinajstić information content (AvgIpc) is 1.99. The van der Waals surface area contributed by atoms with Crippen LogP contribution in [0.4, 0.5) is 14.5 Å². The summed E-state index contributed by atoms with van der Waals surface area (Å²) < 4.78 is 27.2. The molecule has 1 rings (SSSR count). The summed E-state index contributed by atoms with van der Waals surface area (Å²) in [5, 5.41) is 3.04. The van der Waals surface area contributed by atoms with E-state index in [1.54, 1.807) is 0 Å². The summed E-state index contributed by atoms with van der Waals surface area (Å²) in [6.45, 7) is 5.61. The molecule has 0 unspecified atom stereocenters. The van der Waals surface area contributed by atoms with Gasteiger partial charge in [-0.05, 0) is 12.1 Å². The summed E-state index contributed by atoms with van der Waals surface area (Å²) in [5.74, 6) is -1.14. The fourth-order valence-electron chi connectivity index (χ4n) is 1.42. The maximum atomic E-state index is 13.6. The maximum absolute atomic E-state index is 13.6. The zero-order valence-corrected chi connectivity index (χ0v) is 9.86. The van der Waals surface area contributed by atoms with Gasteiger partial charge >= 0.3 is 0 Å². The molecule has 0 radical (unpaired) electrons. The van der Waals surface area contributed by atoms with Crippen molar-refractivity contribution in [3.05, 3.63) is 23.8 Å². The van der Waals surface area contributed by atoms with Gasteiger partial charge in [0, 0.05) is 5.19 Å². The molecule has 0 atom stereocenters. The Hall–Kier alpha value is -1.30. The highest BCUT2D eigenvalue weighted by Gasteiger charge is 2.25. The van der Waals surface area contributed by atoms with Crippen LogP contribution < -0.4 is 10.6 Å². The third kappa shape index (κ3) is 2.59. The van der Waals surface area contributed by atoms with Crippen LogP contribution in [0.15, 0.2) is 17.4 Å². The van der Waals surface area contributed by atoms with Gasteiger partial charge in [0.15, 0.2) is 0 Å². The topological polar surface area (TPSA) is 48.2 Å². The van der Waals surface area contributed by atoms with Crippen molar-refractivity contribution in [1.82, 2.24) is 0 Å². The molecule has 0 saturated carbocycles. The smallest absolute Gasteiger partial charge is 0.127 e. The maximum Gasteiger partial charge on any atom is 0.127 e. The molecular formula is C9H13F2N3Si. The van der Waals surface area contributed by atoms with E-state index in [0.717, 1.165) is 12.1 Å². The zero-order chi connectivity index (χ0) is 11.6. The Morgan fingerprint density at radius 2 is 1.67 bits per heavy atom. The number of halogens is 2. The molecule has 3 nitrogen and oxygen atoms in total. The Labute approximate surface area is 88.0 Å². The SMILES string of the molecule is C[Si](C)(C)c1c(F)cc(NN=N)cc1F. The van der Waals surface area contributed by atoms with Gasteiger partial charge in [0.2, 0.25) is 0 Å². The molecule has 0 spiro atoms. The highest BCUT2D eigenvalue weighted by Crippen LogP contribution is 2.15. The Balaban J connectivity index is 3.27. The van der Waals surface area contributed by atoms with Crippen molar-refractivity contribution in [3.63, 3.8) is 0 Å². The Bertz CT molecular complexity index is 364. The molecule has 6 heteroatoms. The monoisotopic (exact) mass is 229 g/mol. The lowest BCUT2D eigenvalue weighted by Gasteiger charge is -2.18. The number of hydrogen-bond donors (Lipinski definition) is 2. The van der Waals surface area contributed by atoms with Crippen molar-refractivity contribution in [2.75, 3.05) is 5.43 Å². The van der Waals surface area contributed by atoms with E-state index in [4.69, 9.17) is 5.53 Å². The van der Waals surface area contributed by atoms with Crippen LogP contribution in [0.5, 0.6) is 0 Å². The lowest BCUT2D eigenvalue weighted by atomic mass is 10.3. The molecule has 0 fully saturated rings. The largest absolute Gasteiger partial charge is 0.260 e. The van der Waals surface area contributed by atoms with Gasteiger partial charge in [-0.1, -0.05) is 24.9 Å². The standard InChI is InChI=1S/C9H13F2N3Si/c1-15(2,3)9-7(10)4-6(13-14-12)5-8(9)11/h4-5H,1-3H3,(H2,12,13). The van der Waals surface area contributed by atoms with E-state index >= 15 is 0 Å². The first-order valence-electron chi connectivity index (χ1n) is 4.48. The van der Waals surface area contributed by atoms with Crippen molar-refractivity contribution >= 4 is 18.9 Å². The average molecular weight is 229 g/mol. The van der Waals surface area contributed by atoms with E-state index < -0.39 is 19.7 Å². The molecule has 0 aliphatic carbocycles. The quantitative estimate of drug-likeness (QED) is 0.467. The van der Waals surface area contributed by atoms with Crippen LogP contribution in [0, 0.1) is 17.2 Å². The normalized spacial score (nSPS) is 11.3. The van der Waals surface area contributed by atoms with Crippen molar-refractivity contribution in [1.29, 1.82) is 5.53 Å². The van der Waals surface area contributed by atoms with E-state index in [0.29, 0.717) is 0 Å². The molecule has 0 saturated heterocycles. The molecule has 0 aliphatic heterocycles. The highest BCUT2D eigenvalue weighted by molar-refractivity contribution is 6.88. The third-order valence-corrected chi connectivity index (χ3v) is 3.95. The minimum atomic E-state index is -2.02. The molecule has 1 aromatic carbocycles. The molecular weight excluding hydrogens is 216 g/mol. The van der Waals surface area contributed by atoms with Crippen LogP contribution >= 0.6 is 0 Å². The minimum Gasteiger partial charge on any atom is -0.260 e. The Morgan fingerprint density at radius 3 is 2.00 bits per heavy atom. The van der Waals surface area contributed by atoms with Crippen LogP contribution in [0.3, 0.4) is 0 Å². The van der Waals surface area contributed by atoms with Crippen LogP contribution in [0.1, 0.15) is 0 Å². The zero-order valence-electron chi connectivity index (χ0n) is 8.86. The number of rotatable bonds is 3. The van der Waals surface area contributed by atoms with Gasteiger partial charge in [-0.15, -0.1) is 0 Å². The first kappa shape index (κ1) is 11.8. The van der Waals surface area contributed by atoms with Gasteiger partial charge in [0.1, 0.15) is 11.6 Å². The van der Waals surface area contributed by atoms with Crippen molar-refractivity contribution in [2.24, 2.45) is 5.22 Å². The predicted octanol–water partition coefficient (Wildman–Crippen LogP) is 2.87. The van der Waals surface area contributed by atoms with Gasteiger partial charge in [-0.2, -0.15) is 5.53 Å². The lowest BCUT2D eigenvalue weighted by molar-refractivity contribution is 0.597. The van der Waals surface area contributed by atoms with E-state index in [1.807, 2.05) is 19.6 Å². The third-order valence-electron chi connectivity index (χ3n) is 1.98. The molecule has 1 aromatic rings. The lowest BCUT2D eigenvalue weighted by Crippen LogP contribution is -2.42. The van der Waals surface area contributed by atoms with E-state index in [2.05, 4.69) is 10.6 Å². The van der Waals surface area contributed by atoms with E-state index in [9.17, 15) is 8.78 Å². The second-order valence-electron chi connectivity index (χ2n) is 4.29. The van der Waals surface area contributed by atoms with Gasteiger partial charge in [0.25, 0.3) is 0 Å². The first-order valence-corrected chi connectivity index (χ1v) is 7.98. The number of benzene rings is 1. The summed E-state index contributed by atoms with van der Waals surface area (Å²) >= 11 is 0. The van der Waals surface area contributed by atoms with E-state index in [-0.39, 0.29) is 10.9 Å². The Morgan fingerprint density at radius 1 is 1.20 bits per heavy atom. The summed E-state index contributed by atoms with van der Waals surface area (Å²) in [7, 11) is -2.02. The first-order chi connectivity index (χ1) is 6.86. The summed E-state index contributed by atoms with van der Waals surface area (Å²) in [5.41, 5.74) is 8.88.